The Kier molecular flexibility index (Phi) is 13.7. The molecule has 13 aromatic rings. The first kappa shape index (κ1) is 57.2. The van der Waals surface area contributed by atoms with E-state index in [1.807, 2.05) is 0 Å². The second kappa shape index (κ2) is 21.3. The van der Waals surface area contributed by atoms with E-state index >= 15 is 0 Å². The highest BCUT2D eigenvalue weighted by Gasteiger charge is 2.51. The predicted molar refractivity (Wildman–Crippen MR) is 373 cm³/mol. The summed E-state index contributed by atoms with van der Waals surface area (Å²) in [6, 6.07) is 89.3. The van der Waals surface area contributed by atoms with Gasteiger partial charge in [-0.1, -0.05) is 241 Å². The SMILES string of the molecule is CC(C)(C)c1ccc(COc2ccc(C3(c4ccc(C(C)(C)C)cc4)c4cc(N(c5ccccc5)c5ccc(C(C)(C)C)cc5)c5c(oc6ccccc65)c4-c4c3cc(N(c3ccccc3)c3ccc(C(C)(C)C)cc3)c3oc5ccccc5c43)cc2)cc1. The molecule has 5 nitrogen and oxygen atoms in total. The minimum atomic E-state index is -0.997. The van der Waals surface area contributed by atoms with Crippen LogP contribution in [-0.4, -0.2) is 0 Å². The van der Waals surface area contributed by atoms with Crippen LogP contribution in [0.4, 0.5) is 34.1 Å². The maximum Gasteiger partial charge on any atom is 0.160 e. The van der Waals surface area contributed by atoms with Crippen molar-refractivity contribution in [2.24, 2.45) is 0 Å². The van der Waals surface area contributed by atoms with Crippen molar-refractivity contribution in [3.8, 4) is 16.9 Å². The van der Waals surface area contributed by atoms with Crippen molar-refractivity contribution in [2.75, 3.05) is 9.80 Å². The molecule has 0 amide bonds. The number of fused-ring (bicyclic) bond motifs is 11. The van der Waals surface area contributed by atoms with Gasteiger partial charge in [0.05, 0.1) is 22.2 Å². The summed E-state index contributed by atoms with van der Waals surface area (Å²) < 4.78 is 21.8. The van der Waals surface area contributed by atoms with E-state index in [1.165, 1.54) is 22.3 Å². The van der Waals surface area contributed by atoms with E-state index in [1.54, 1.807) is 0 Å². The quantitative estimate of drug-likeness (QED) is 0.129. The molecule has 89 heavy (non-hydrogen) atoms. The van der Waals surface area contributed by atoms with Gasteiger partial charge in [-0.15, -0.1) is 0 Å². The third-order valence-electron chi connectivity index (χ3n) is 18.5. The van der Waals surface area contributed by atoms with Gasteiger partial charge in [0.25, 0.3) is 0 Å². The smallest absolute Gasteiger partial charge is 0.160 e. The number of hydrogen-bond acceptors (Lipinski definition) is 5. The van der Waals surface area contributed by atoms with Gasteiger partial charge in [-0.05, 0) is 157 Å². The Morgan fingerprint density at radius 3 is 1.20 bits per heavy atom. The van der Waals surface area contributed by atoms with Crippen LogP contribution < -0.4 is 14.5 Å². The summed E-state index contributed by atoms with van der Waals surface area (Å²) in [7, 11) is 0. The van der Waals surface area contributed by atoms with Gasteiger partial charge in [0.15, 0.2) is 5.58 Å². The second-order valence-electron chi connectivity index (χ2n) is 28.5. The largest absolute Gasteiger partial charge is 0.489 e. The molecule has 2 aromatic heterocycles. The molecule has 0 N–H and O–H groups in total. The molecule has 5 heteroatoms. The molecule has 0 spiro atoms. The van der Waals surface area contributed by atoms with Crippen LogP contribution in [0.5, 0.6) is 5.75 Å². The summed E-state index contributed by atoms with van der Waals surface area (Å²) in [6.07, 6.45) is 0. The Hall–Kier alpha value is -9.58. The van der Waals surface area contributed by atoms with Gasteiger partial charge in [0.1, 0.15) is 29.1 Å². The lowest BCUT2D eigenvalue weighted by molar-refractivity contribution is 0.306. The number of ether oxygens (including phenoxy) is 1. The fraction of sp³-hybridized carbons (Fsp3) is 0.214. The third kappa shape index (κ3) is 9.87. The Labute approximate surface area is 524 Å². The van der Waals surface area contributed by atoms with Gasteiger partial charge in [-0.25, -0.2) is 0 Å². The van der Waals surface area contributed by atoms with E-state index in [9.17, 15) is 0 Å². The summed E-state index contributed by atoms with van der Waals surface area (Å²) in [5.41, 5.74) is 20.9. The summed E-state index contributed by atoms with van der Waals surface area (Å²) in [5, 5.41) is 4.12. The number of para-hydroxylation sites is 4. The molecule has 0 radical (unpaired) electrons. The average Bonchev–Trinajstić information content (AvgIpc) is 1.54. The minimum absolute atomic E-state index is 0.0443. The molecule has 0 aliphatic heterocycles. The van der Waals surface area contributed by atoms with Crippen LogP contribution in [0, 0.1) is 0 Å². The van der Waals surface area contributed by atoms with Gasteiger partial charge >= 0.3 is 0 Å². The van der Waals surface area contributed by atoms with Crippen molar-refractivity contribution in [3.63, 3.8) is 0 Å². The van der Waals surface area contributed by atoms with Crippen LogP contribution in [0.2, 0.25) is 0 Å². The number of hydrogen-bond donors (Lipinski definition) is 0. The Bertz CT molecular complexity index is 4760. The molecule has 2 heterocycles. The lowest BCUT2D eigenvalue weighted by Crippen LogP contribution is -2.29. The molecule has 0 bridgehead atoms. The number of anilines is 6. The van der Waals surface area contributed by atoms with E-state index in [0.717, 1.165) is 123 Å². The number of nitrogens with zero attached hydrogens (tertiary/aromatic N) is 2. The Balaban J connectivity index is 1.14. The van der Waals surface area contributed by atoms with E-state index < -0.39 is 5.41 Å². The average molecular weight is 1160 g/mol. The molecule has 1 atom stereocenters. The highest BCUT2D eigenvalue weighted by molar-refractivity contribution is 6.26. The molecule has 1 aliphatic rings. The molecule has 0 saturated heterocycles. The van der Waals surface area contributed by atoms with Crippen molar-refractivity contribution in [2.45, 2.75) is 117 Å². The highest BCUT2D eigenvalue weighted by atomic mass is 16.5. The van der Waals surface area contributed by atoms with Crippen LogP contribution in [0.3, 0.4) is 0 Å². The molecule has 0 saturated carbocycles. The third-order valence-corrected chi connectivity index (χ3v) is 18.5. The van der Waals surface area contributed by atoms with Crippen LogP contribution >= 0.6 is 0 Å². The Morgan fingerprint density at radius 2 is 0.719 bits per heavy atom. The normalized spacial score (nSPS) is 14.4. The molecular formula is C84H78N2O3. The number of benzene rings is 11. The fourth-order valence-corrected chi connectivity index (χ4v) is 13.7. The molecule has 1 unspecified atom stereocenters. The van der Waals surface area contributed by atoms with Crippen LogP contribution in [0.15, 0.2) is 251 Å². The molecule has 0 fully saturated rings. The Morgan fingerprint density at radius 1 is 0.348 bits per heavy atom. The van der Waals surface area contributed by atoms with Crippen molar-refractivity contribution >= 4 is 78.0 Å². The number of rotatable bonds is 11. The standard InChI is InChI=1S/C84H78N2O3/c1-80(2,3)55-33-31-54(32-34-55)53-87-65-49-43-60(44-50-65)84(59-37-35-56(36-38-59)81(4,5)6)68-52-71(86(62-25-17-14-18-26-62)64-47-41-58(42-48-64)83(10,11)12)78-75(67-28-20-22-30-73(67)88-78)76(68)77-69(84)51-70(74-66-27-19-21-29-72(66)89-79(74)77)85(61-23-15-13-16-24-61)63-45-39-57(40-46-63)82(7,8)9/h13-52H,53H2,1-12H3. The van der Waals surface area contributed by atoms with E-state index in [-0.39, 0.29) is 21.7 Å². The zero-order chi connectivity index (χ0) is 61.8. The predicted octanol–water partition coefficient (Wildman–Crippen LogP) is 23.6. The highest BCUT2D eigenvalue weighted by Crippen LogP contribution is 2.65. The van der Waals surface area contributed by atoms with Gasteiger partial charge in [0, 0.05) is 50.0 Å². The van der Waals surface area contributed by atoms with Crippen molar-refractivity contribution in [1.82, 2.24) is 0 Å². The fourth-order valence-electron chi connectivity index (χ4n) is 13.7. The summed E-state index contributed by atoms with van der Waals surface area (Å²) in [4.78, 5) is 4.85. The molecule has 14 rings (SSSR count). The zero-order valence-electron chi connectivity index (χ0n) is 53.4. The van der Waals surface area contributed by atoms with Crippen molar-refractivity contribution in [3.05, 3.63) is 293 Å². The van der Waals surface area contributed by atoms with Gasteiger partial charge < -0.3 is 23.4 Å². The molecule has 1 aliphatic carbocycles. The monoisotopic (exact) mass is 1160 g/mol. The van der Waals surface area contributed by atoms with E-state index in [0.29, 0.717) is 6.61 Å². The topological polar surface area (TPSA) is 42.0 Å². The lowest BCUT2D eigenvalue weighted by Gasteiger charge is -2.36. The van der Waals surface area contributed by atoms with Crippen LogP contribution in [0.1, 0.15) is 133 Å². The zero-order valence-corrected chi connectivity index (χ0v) is 53.4. The van der Waals surface area contributed by atoms with Gasteiger partial charge in [0.2, 0.25) is 0 Å². The first-order chi connectivity index (χ1) is 42.7. The van der Waals surface area contributed by atoms with Crippen LogP contribution in [-0.2, 0) is 33.7 Å². The van der Waals surface area contributed by atoms with Crippen molar-refractivity contribution in [1.29, 1.82) is 0 Å². The molecular weight excluding hydrogens is 1080 g/mol. The lowest BCUT2D eigenvalue weighted by atomic mass is 9.67. The maximum absolute atomic E-state index is 7.63. The van der Waals surface area contributed by atoms with Crippen molar-refractivity contribution < 1.29 is 13.6 Å². The second-order valence-corrected chi connectivity index (χ2v) is 28.5. The maximum atomic E-state index is 7.63. The first-order valence-electron chi connectivity index (χ1n) is 31.5. The van der Waals surface area contributed by atoms with E-state index in [4.69, 9.17) is 13.6 Å². The van der Waals surface area contributed by atoms with Gasteiger partial charge in [-0.2, -0.15) is 0 Å². The minimum Gasteiger partial charge on any atom is -0.489 e. The first-order valence-corrected chi connectivity index (χ1v) is 31.5. The summed E-state index contributed by atoms with van der Waals surface area (Å²) in [5.74, 6) is 0.790. The van der Waals surface area contributed by atoms with Crippen LogP contribution in [0.25, 0.3) is 55.0 Å². The van der Waals surface area contributed by atoms with E-state index in [2.05, 4.69) is 336 Å². The summed E-state index contributed by atoms with van der Waals surface area (Å²) >= 11 is 0. The number of furan rings is 2. The molecule has 442 valence electrons. The molecule has 11 aromatic carbocycles. The van der Waals surface area contributed by atoms with Gasteiger partial charge in [-0.3, -0.25) is 0 Å². The summed E-state index contributed by atoms with van der Waals surface area (Å²) in [6.45, 7) is 27.8.